The van der Waals surface area contributed by atoms with Crippen LogP contribution in [-0.2, 0) is 19.1 Å². The Labute approximate surface area is 175 Å². The summed E-state index contributed by atoms with van der Waals surface area (Å²) in [6.45, 7) is 7.07. The fourth-order valence-corrected chi connectivity index (χ4v) is 9.24. The van der Waals surface area contributed by atoms with Crippen molar-refractivity contribution in [3.63, 3.8) is 0 Å². The molecule has 2 saturated heterocycles. The van der Waals surface area contributed by atoms with E-state index in [0.29, 0.717) is 54.3 Å². The van der Waals surface area contributed by atoms with Gasteiger partial charge in [0.2, 0.25) is 0 Å². The number of Topliss-reactive ketones (excluding diaryl/α,β-unsaturated/α-hetero) is 1. The number of fused-ring (bicyclic) bond motifs is 3. The second-order valence-electron chi connectivity index (χ2n) is 11.5. The average Bonchev–Trinajstić information content (AvgIpc) is 3.02. The Hall–Kier alpha value is -0.900. The minimum absolute atomic E-state index is 0.0532. The molecule has 0 amide bonds. The first-order valence-corrected chi connectivity index (χ1v) is 12.0. The number of carbonyl (C=O) groups is 2. The summed E-state index contributed by atoms with van der Waals surface area (Å²) in [5, 5.41) is 0. The van der Waals surface area contributed by atoms with E-state index >= 15 is 0 Å². The number of hydrogen-bond acceptors (Lipinski definition) is 4. The van der Waals surface area contributed by atoms with E-state index in [9.17, 15) is 9.59 Å². The summed E-state index contributed by atoms with van der Waals surface area (Å²) in [5.74, 6) is 2.93. The van der Waals surface area contributed by atoms with Crippen LogP contribution in [0.4, 0.5) is 0 Å². The van der Waals surface area contributed by atoms with E-state index < -0.39 is 5.60 Å². The van der Waals surface area contributed by atoms with E-state index in [2.05, 4.69) is 20.8 Å². The van der Waals surface area contributed by atoms with Crippen molar-refractivity contribution in [1.82, 2.24) is 0 Å². The fourth-order valence-electron chi connectivity index (χ4n) is 9.24. The highest BCUT2D eigenvalue weighted by atomic mass is 16.5. The maximum absolute atomic E-state index is 14.0. The van der Waals surface area contributed by atoms with Gasteiger partial charge in [-0.25, -0.2) is 0 Å². The Morgan fingerprint density at radius 2 is 1.93 bits per heavy atom. The minimum atomic E-state index is -0.495. The molecule has 0 aromatic rings. The first-order chi connectivity index (χ1) is 13.8. The Kier molecular flexibility index (Phi) is 4.52. The quantitative estimate of drug-likeness (QED) is 0.625. The molecule has 4 saturated carbocycles. The van der Waals surface area contributed by atoms with Gasteiger partial charge in [0.1, 0.15) is 5.60 Å². The zero-order chi connectivity index (χ0) is 20.6. The highest BCUT2D eigenvalue weighted by molar-refractivity contribution is 5.91. The molecule has 0 aromatic heterocycles. The molecule has 0 unspecified atom stereocenters. The number of carbonyl (C=O) groups excluding carboxylic acids is 2. The van der Waals surface area contributed by atoms with Crippen molar-refractivity contribution in [1.29, 1.82) is 0 Å². The zero-order valence-electron chi connectivity index (χ0n) is 18.7. The normalized spacial score (nSPS) is 51.3. The van der Waals surface area contributed by atoms with E-state index in [1.54, 1.807) is 0 Å². The third kappa shape index (κ3) is 2.47. The summed E-state index contributed by atoms with van der Waals surface area (Å²) in [4.78, 5) is 25.7. The molecule has 9 atom stereocenters. The Morgan fingerprint density at radius 1 is 1.17 bits per heavy atom. The molecule has 2 aliphatic heterocycles. The van der Waals surface area contributed by atoms with Gasteiger partial charge in [-0.3, -0.25) is 9.59 Å². The number of esters is 1. The largest absolute Gasteiger partial charge is 0.469 e. The maximum Gasteiger partial charge on any atom is 0.305 e. The van der Waals surface area contributed by atoms with Gasteiger partial charge in [-0.05, 0) is 86.4 Å². The van der Waals surface area contributed by atoms with Crippen LogP contribution in [0.2, 0.25) is 0 Å². The Bertz CT molecular complexity index is 718. The summed E-state index contributed by atoms with van der Waals surface area (Å²) < 4.78 is 11.7. The molecule has 1 spiro atoms. The van der Waals surface area contributed by atoms with Gasteiger partial charge in [0.25, 0.3) is 0 Å². The van der Waals surface area contributed by atoms with Crippen LogP contribution in [0, 0.1) is 40.4 Å². The number of rotatable bonds is 4. The van der Waals surface area contributed by atoms with Crippen LogP contribution in [0.25, 0.3) is 0 Å². The van der Waals surface area contributed by atoms with E-state index in [1.165, 1.54) is 45.6 Å². The molecular weight excluding hydrogens is 364 g/mol. The average molecular weight is 403 g/mol. The number of methoxy groups -OCH3 is 1. The van der Waals surface area contributed by atoms with Crippen molar-refractivity contribution in [3.05, 3.63) is 0 Å². The SMILES string of the molecule is COC(=O)CC[C@H](C)[C@@H]1CC[C@H]2[C@H]3CC[C@@H]4C[C@H]5CC[C@]4(C)[C@@]3(O5)C(=O)C[C@@]21C. The van der Waals surface area contributed by atoms with Gasteiger partial charge in [-0.15, -0.1) is 0 Å². The fraction of sp³-hybridized carbons (Fsp3) is 0.920. The predicted octanol–water partition coefficient (Wildman–Crippen LogP) is 4.94. The van der Waals surface area contributed by atoms with Crippen LogP contribution in [0.15, 0.2) is 0 Å². The van der Waals surface area contributed by atoms with Crippen molar-refractivity contribution >= 4 is 11.8 Å². The van der Waals surface area contributed by atoms with Gasteiger partial charge < -0.3 is 9.47 Å². The maximum atomic E-state index is 14.0. The highest BCUT2D eigenvalue weighted by Gasteiger charge is 2.74. The molecular formula is C25H38O4. The monoisotopic (exact) mass is 402 g/mol. The van der Waals surface area contributed by atoms with E-state index in [1.807, 2.05) is 0 Å². The standard InChI is InChI=1S/C25H38O4/c1-15(5-10-22(27)28-4)18-8-9-19-20-7-6-16-13-17-11-12-24(16,3)25(20,29-17)21(26)14-23(18,19)2/h15-20H,5-14H2,1-4H3/t15-,16+,17+,18-,19-,20+,23+,24-,25-/m0/s1. The molecule has 2 heterocycles. The summed E-state index contributed by atoms with van der Waals surface area (Å²) in [7, 11) is 1.47. The first-order valence-electron chi connectivity index (χ1n) is 12.0. The summed E-state index contributed by atoms with van der Waals surface area (Å²) in [5.41, 5.74) is -0.380. The molecule has 0 N–H and O–H groups in total. The lowest BCUT2D eigenvalue weighted by molar-refractivity contribution is -0.307. The van der Waals surface area contributed by atoms with Crippen molar-refractivity contribution in [3.8, 4) is 0 Å². The van der Waals surface area contributed by atoms with Gasteiger partial charge >= 0.3 is 5.97 Å². The van der Waals surface area contributed by atoms with Crippen LogP contribution >= 0.6 is 0 Å². The molecule has 4 bridgehead atoms. The second kappa shape index (κ2) is 6.55. The Balaban J connectivity index is 1.44. The van der Waals surface area contributed by atoms with Crippen LogP contribution in [-0.4, -0.2) is 30.6 Å². The molecule has 4 nitrogen and oxygen atoms in total. The molecule has 0 aromatic carbocycles. The molecule has 4 heteroatoms. The van der Waals surface area contributed by atoms with Crippen LogP contribution < -0.4 is 0 Å². The van der Waals surface area contributed by atoms with Crippen LogP contribution in [0.5, 0.6) is 0 Å². The highest BCUT2D eigenvalue weighted by Crippen LogP contribution is 2.72. The van der Waals surface area contributed by atoms with Crippen molar-refractivity contribution in [2.45, 2.75) is 96.7 Å². The van der Waals surface area contributed by atoms with E-state index in [4.69, 9.17) is 9.47 Å². The van der Waals surface area contributed by atoms with Gasteiger partial charge in [-0.1, -0.05) is 20.8 Å². The predicted molar refractivity (Wildman–Crippen MR) is 110 cm³/mol. The van der Waals surface area contributed by atoms with Gasteiger partial charge in [0, 0.05) is 18.3 Å². The molecule has 4 aliphatic carbocycles. The molecule has 6 aliphatic rings. The van der Waals surface area contributed by atoms with Gasteiger partial charge in [0.05, 0.1) is 13.2 Å². The summed E-state index contributed by atoms with van der Waals surface area (Å²) in [6, 6.07) is 0. The molecule has 162 valence electrons. The Morgan fingerprint density at radius 3 is 2.69 bits per heavy atom. The van der Waals surface area contributed by atoms with Crippen LogP contribution in [0.1, 0.15) is 85.0 Å². The second-order valence-corrected chi connectivity index (χ2v) is 11.5. The van der Waals surface area contributed by atoms with Crippen molar-refractivity contribution in [2.24, 2.45) is 40.4 Å². The lowest BCUT2D eigenvalue weighted by atomic mass is 9.40. The smallest absolute Gasteiger partial charge is 0.305 e. The van der Waals surface area contributed by atoms with Gasteiger partial charge in [-0.2, -0.15) is 0 Å². The number of ether oxygens (including phenoxy) is 2. The molecule has 0 radical (unpaired) electrons. The van der Waals surface area contributed by atoms with Gasteiger partial charge in [0.15, 0.2) is 5.78 Å². The lowest BCUT2D eigenvalue weighted by Crippen LogP contribution is -2.75. The summed E-state index contributed by atoms with van der Waals surface area (Å²) in [6.07, 6.45) is 10.7. The minimum Gasteiger partial charge on any atom is -0.469 e. The first kappa shape index (κ1) is 20.0. The van der Waals surface area contributed by atoms with Crippen LogP contribution in [0.3, 0.4) is 0 Å². The lowest BCUT2D eigenvalue weighted by Gasteiger charge is -2.70. The third-order valence-electron chi connectivity index (χ3n) is 10.6. The number of hydrogen-bond donors (Lipinski definition) is 0. The van der Waals surface area contributed by atoms with E-state index in [-0.39, 0.29) is 16.8 Å². The third-order valence-corrected chi connectivity index (χ3v) is 10.6. The van der Waals surface area contributed by atoms with Crippen molar-refractivity contribution in [2.75, 3.05) is 7.11 Å². The number of ketones is 1. The molecule has 29 heavy (non-hydrogen) atoms. The topological polar surface area (TPSA) is 52.6 Å². The molecule has 6 rings (SSSR count). The molecule has 6 fully saturated rings. The van der Waals surface area contributed by atoms with Crippen molar-refractivity contribution < 1.29 is 19.1 Å². The van der Waals surface area contributed by atoms with E-state index in [0.717, 1.165) is 12.8 Å². The summed E-state index contributed by atoms with van der Waals surface area (Å²) >= 11 is 0. The zero-order valence-corrected chi connectivity index (χ0v) is 18.7.